The predicted octanol–water partition coefficient (Wildman–Crippen LogP) is 4.25. The molecule has 2 aromatic carbocycles. The highest BCUT2D eigenvalue weighted by atomic mass is 16.5. The molecule has 1 heterocycles. The Morgan fingerprint density at radius 2 is 1.84 bits per heavy atom. The van der Waals surface area contributed by atoms with Gasteiger partial charge in [-0.1, -0.05) is 37.5 Å². The summed E-state index contributed by atoms with van der Waals surface area (Å²) in [6.45, 7) is 0. The van der Waals surface area contributed by atoms with Gasteiger partial charge in [-0.15, -0.1) is 5.10 Å². The minimum atomic E-state index is -0.362. The molecule has 0 bridgehead atoms. The van der Waals surface area contributed by atoms with E-state index in [0.29, 0.717) is 22.8 Å². The van der Waals surface area contributed by atoms with E-state index >= 15 is 0 Å². The molecular formula is C23H25N5O3. The molecule has 0 aliphatic heterocycles. The summed E-state index contributed by atoms with van der Waals surface area (Å²) in [6, 6.07) is 14.3. The van der Waals surface area contributed by atoms with Crippen molar-refractivity contribution in [1.29, 1.82) is 0 Å². The molecule has 0 unspecified atom stereocenters. The van der Waals surface area contributed by atoms with Crippen molar-refractivity contribution in [2.45, 2.75) is 32.1 Å². The van der Waals surface area contributed by atoms with E-state index in [-0.39, 0.29) is 23.7 Å². The standard InChI is InChI=1S/C23H25N5O3/c1-31-19-13-6-5-12-18(19)20-25-23(28-27-20)26-22(30)16-10-7-11-17(14-16)24-21(29)15-8-3-2-4-9-15/h5-7,10-15H,2-4,8-9H2,1H3,(H,24,29)(H2,25,26,27,28,30). The number of benzene rings is 2. The van der Waals surface area contributed by atoms with Gasteiger partial charge in [0.05, 0.1) is 12.7 Å². The molecule has 1 saturated carbocycles. The Labute approximate surface area is 180 Å². The third-order valence-electron chi connectivity index (χ3n) is 5.44. The summed E-state index contributed by atoms with van der Waals surface area (Å²) in [4.78, 5) is 29.5. The maximum absolute atomic E-state index is 12.7. The number of hydrogen-bond donors (Lipinski definition) is 3. The molecule has 1 aliphatic rings. The number of anilines is 2. The van der Waals surface area contributed by atoms with E-state index in [1.165, 1.54) is 6.42 Å². The average Bonchev–Trinajstić information content (AvgIpc) is 3.28. The van der Waals surface area contributed by atoms with Gasteiger partial charge < -0.3 is 10.1 Å². The van der Waals surface area contributed by atoms with Crippen molar-refractivity contribution < 1.29 is 14.3 Å². The Hall–Kier alpha value is -3.68. The smallest absolute Gasteiger partial charge is 0.258 e. The molecule has 1 aromatic heterocycles. The zero-order valence-electron chi connectivity index (χ0n) is 17.4. The summed E-state index contributed by atoms with van der Waals surface area (Å²) in [6.07, 6.45) is 5.22. The lowest BCUT2D eigenvalue weighted by atomic mass is 9.88. The zero-order valence-corrected chi connectivity index (χ0v) is 17.4. The van der Waals surface area contributed by atoms with E-state index in [0.717, 1.165) is 31.2 Å². The highest BCUT2D eigenvalue weighted by Crippen LogP contribution is 2.27. The summed E-state index contributed by atoms with van der Waals surface area (Å²) >= 11 is 0. The molecule has 0 spiro atoms. The fraction of sp³-hybridized carbons (Fsp3) is 0.304. The second-order valence-electron chi connectivity index (χ2n) is 7.57. The lowest BCUT2D eigenvalue weighted by Crippen LogP contribution is -2.24. The number of aromatic nitrogens is 3. The summed E-state index contributed by atoms with van der Waals surface area (Å²) < 4.78 is 5.34. The normalized spacial score (nSPS) is 14.1. The summed E-state index contributed by atoms with van der Waals surface area (Å²) in [5.74, 6) is 1.00. The minimum Gasteiger partial charge on any atom is -0.496 e. The van der Waals surface area contributed by atoms with Crippen molar-refractivity contribution in [1.82, 2.24) is 15.2 Å². The van der Waals surface area contributed by atoms with Crippen molar-refractivity contribution in [2.24, 2.45) is 5.92 Å². The highest BCUT2D eigenvalue weighted by Gasteiger charge is 2.21. The van der Waals surface area contributed by atoms with Crippen LogP contribution in [0.3, 0.4) is 0 Å². The van der Waals surface area contributed by atoms with Crippen LogP contribution < -0.4 is 15.4 Å². The maximum atomic E-state index is 12.7. The predicted molar refractivity (Wildman–Crippen MR) is 118 cm³/mol. The minimum absolute atomic E-state index is 0.0210. The van der Waals surface area contributed by atoms with Gasteiger partial charge in [-0.3, -0.25) is 20.0 Å². The SMILES string of the molecule is COc1ccccc1-c1nc(NC(=O)c2cccc(NC(=O)C3CCCCC3)c2)n[nH]1. The summed E-state index contributed by atoms with van der Waals surface area (Å²) in [7, 11) is 1.58. The zero-order chi connectivity index (χ0) is 21.6. The van der Waals surface area contributed by atoms with E-state index in [1.54, 1.807) is 31.4 Å². The van der Waals surface area contributed by atoms with Crippen LogP contribution in [-0.4, -0.2) is 34.1 Å². The second-order valence-corrected chi connectivity index (χ2v) is 7.57. The Balaban J connectivity index is 1.43. The number of aromatic amines is 1. The van der Waals surface area contributed by atoms with E-state index < -0.39 is 0 Å². The first-order valence-electron chi connectivity index (χ1n) is 10.4. The number of carbonyl (C=O) groups is 2. The number of methoxy groups -OCH3 is 1. The van der Waals surface area contributed by atoms with Gasteiger partial charge in [-0.25, -0.2) is 0 Å². The third-order valence-corrected chi connectivity index (χ3v) is 5.44. The van der Waals surface area contributed by atoms with Crippen molar-refractivity contribution in [3.63, 3.8) is 0 Å². The van der Waals surface area contributed by atoms with Gasteiger partial charge in [0.25, 0.3) is 5.91 Å². The Morgan fingerprint density at radius 3 is 2.65 bits per heavy atom. The van der Waals surface area contributed by atoms with Crippen LogP contribution >= 0.6 is 0 Å². The van der Waals surface area contributed by atoms with Crippen molar-refractivity contribution >= 4 is 23.5 Å². The Morgan fingerprint density at radius 1 is 1.03 bits per heavy atom. The Kier molecular flexibility index (Phi) is 6.26. The number of nitrogens with zero attached hydrogens (tertiary/aromatic N) is 2. The van der Waals surface area contributed by atoms with Gasteiger partial charge >= 0.3 is 0 Å². The second kappa shape index (κ2) is 9.42. The number of carbonyl (C=O) groups excluding carboxylic acids is 2. The molecule has 2 amide bonds. The van der Waals surface area contributed by atoms with Crippen LogP contribution in [0.15, 0.2) is 48.5 Å². The van der Waals surface area contributed by atoms with Crippen LogP contribution in [0, 0.1) is 5.92 Å². The van der Waals surface area contributed by atoms with E-state index in [2.05, 4.69) is 25.8 Å². The van der Waals surface area contributed by atoms with Crippen LogP contribution in [0.25, 0.3) is 11.4 Å². The lowest BCUT2D eigenvalue weighted by Gasteiger charge is -2.20. The molecule has 3 aromatic rings. The molecule has 1 aliphatic carbocycles. The summed E-state index contributed by atoms with van der Waals surface area (Å²) in [5.41, 5.74) is 1.75. The topological polar surface area (TPSA) is 109 Å². The van der Waals surface area contributed by atoms with Crippen LogP contribution in [-0.2, 0) is 4.79 Å². The molecule has 8 heteroatoms. The molecule has 31 heavy (non-hydrogen) atoms. The van der Waals surface area contributed by atoms with E-state index in [4.69, 9.17) is 4.74 Å². The van der Waals surface area contributed by atoms with Crippen LogP contribution in [0.2, 0.25) is 0 Å². The maximum Gasteiger partial charge on any atom is 0.258 e. The van der Waals surface area contributed by atoms with Gasteiger partial charge in [0.15, 0.2) is 5.82 Å². The van der Waals surface area contributed by atoms with Gasteiger partial charge in [-0.05, 0) is 43.2 Å². The van der Waals surface area contributed by atoms with E-state index in [9.17, 15) is 9.59 Å². The van der Waals surface area contributed by atoms with Crippen molar-refractivity contribution in [3.8, 4) is 17.1 Å². The number of ether oxygens (including phenoxy) is 1. The first-order chi connectivity index (χ1) is 15.1. The first-order valence-corrected chi connectivity index (χ1v) is 10.4. The van der Waals surface area contributed by atoms with Crippen LogP contribution in [0.4, 0.5) is 11.6 Å². The number of nitrogens with one attached hydrogen (secondary N) is 3. The van der Waals surface area contributed by atoms with Crippen molar-refractivity contribution in [3.05, 3.63) is 54.1 Å². The molecule has 1 fully saturated rings. The third kappa shape index (κ3) is 4.91. The van der Waals surface area contributed by atoms with Gasteiger partial charge in [0, 0.05) is 17.2 Å². The molecular weight excluding hydrogens is 394 g/mol. The van der Waals surface area contributed by atoms with Crippen LogP contribution in [0.1, 0.15) is 42.5 Å². The van der Waals surface area contributed by atoms with Gasteiger partial charge in [0.1, 0.15) is 5.75 Å². The molecule has 8 nitrogen and oxygen atoms in total. The fourth-order valence-corrected chi connectivity index (χ4v) is 3.80. The molecule has 0 radical (unpaired) electrons. The number of hydrogen-bond acceptors (Lipinski definition) is 5. The highest BCUT2D eigenvalue weighted by molar-refractivity contribution is 6.04. The number of para-hydroxylation sites is 1. The molecule has 3 N–H and O–H groups in total. The Bertz CT molecular complexity index is 1070. The van der Waals surface area contributed by atoms with Gasteiger partial charge in [-0.2, -0.15) is 4.98 Å². The quantitative estimate of drug-likeness (QED) is 0.553. The molecule has 0 atom stereocenters. The average molecular weight is 419 g/mol. The van der Waals surface area contributed by atoms with Crippen molar-refractivity contribution in [2.75, 3.05) is 17.7 Å². The molecule has 4 rings (SSSR count). The van der Waals surface area contributed by atoms with Gasteiger partial charge in [0.2, 0.25) is 11.9 Å². The lowest BCUT2D eigenvalue weighted by molar-refractivity contribution is -0.120. The number of amides is 2. The largest absolute Gasteiger partial charge is 0.496 e. The van der Waals surface area contributed by atoms with Crippen LogP contribution in [0.5, 0.6) is 5.75 Å². The van der Waals surface area contributed by atoms with E-state index in [1.807, 2.05) is 24.3 Å². The monoisotopic (exact) mass is 419 g/mol. The molecule has 0 saturated heterocycles. The summed E-state index contributed by atoms with van der Waals surface area (Å²) in [5, 5.41) is 12.5. The fourth-order valence-electron chi connectivity index (χ4n) is 3.80. The number of rotatable bonds is 6. The molecule has 160 valence electrons. The first kappa shape index (κ1) is 20.6. The number of H-pyrrole nitrogens is 1.